The smallest absolute Gasteiger partial charge is 0.233 e. The highest BCUT2D eigenvalue weighted by molar-refractivity contribution is 7.99. The van der Waals surface area contributed by atoms with Gasteiger partial charge >= 0.3 is 0 Å². The summed E-state index contributed by atoms with van der Waals surface area (Å²) < 4.78 is 1.90. The van der Waals surface area contributed by atoms with Crippen molar-refractivity contribution in [3.05, 3.63) is 29.8 Å². The van der Waals surface area contributed by atoms with Gasteiger partial charge in [0.25, 0.3) is 0 Å². The quantitative estimate of drug-likeness (QED) is 0.723. The summed E-state index contributed by atoms with van der Waals surface area (Å²) in [6.07, 6.45) is 0.353. The number of nitriles is 1. The van der Waals surface area contributed by atoms with E-state index in [-0.39, 0.29) is 5.91 Å². The summed E-state index contributed by atoms with van der Waals surface area (Å²) in [5.41, 5.74) is 2.19. The number of rotatable bonds is 7. The molecule has 0 spiro atoms. The first-order chi connectivity index (χ1) is 11.6. The average Bonchev–Trinajstić information content (AvgIpc) is 2.95. The predicted octanol–water partition coefficient (Wildman–Crippen LogP) is 2.64. The fourth-order valence-electron chi connectivity index (χ4n) is 2.26. The van der Waals surface area contributed by atoms with E-state index >= 15 is 0 Å². The van der Waals surface area contributed by atoms with Crippen molar-refractivity contribution in [1.29, 1.82) is 5.26 Å². The maximum absolute atomic E-state index is 12.2. The number of aromatic nitrogens is 3. The van der Waals surface area contributed by atoms with Crippen LogP contribution in [0.25, 0.3) is 11.4 Å². The van der Waals surface area contributed by atoms with Gasteiger partial charge < -0.3 is 9.47 Å². The Bertz CT molecular complexity index is 732. The first-order valence-corrected chi connectivity index (χ1v) is 8.79. The minimum Gasteiger partial charge on any atom is -0.341 e. The second-order valence-electron chi connectivity index (χ2n) is 5.40. The van der Waals surface area contributed by atoms with Crippen LogP contribution in [-0.4, -0.2) is 44.4 Å². The lowest BCUT2D eigenvalue weighted by atomic mass is 10.1. The number of amides is 1. The molecule has 126 valence electrons. The summed E-state index contributed by atoms with van der Waals surface area (Å²) in [6.45, 7) is 5.03. The average molecular weight is 343 g/mol. The molecule has 0 unspecified atom stereocenters. The number of carbonyl (C=O) groups is 1. The van der Waals surface area contributed by atoms with E-state index in [1.807, 2.05) is 49.7 Å². The van der Waals surface area contributed by atoms with E-state index in [9.17, 15) is 4.79 Å². The lowest BCUT2D eigenvalue weighted by Gasteiger charge is -2.18. The van der Waals surface area contributed by atoms with Crippen LogP contribution in [0, 0.1) is 18.3 Å². The highest BCUT2D eigenvalue weighted by Gasteiger charge is 2.15. The summed E-state index contributed by atoms with van der Waals surface area (Å²) >= 11 is 1.37. The van der Waals surface area contributed by atoms with E-state index in [0.29, 0.717) is 30.4 Å². The Morgan fingerprint density at radius 1 is 1.33 bits per heavy atom. The second-order valence-corrected chi connectivity index (χ2v) is 6.34. The third-order valence-corrected chi connectivity index (χ3v) is 4.70. The van der Waals surface area contributed by atoms with Crippen molar-refractivity contribution < 1.29 is 4.79 Å². The Morgan fingerprint density at radius 3 is 2.67 bits per heavy atom. The maximum Gasteiger partial charge on any atom is 0.233 e. The molecule has 0 bridgehead atoms. The Kier molecular flexibility index (Phi) is 6.38. The number of thioether (sulfide) groups is 1. The van der Waals surface area contributed by atoms with Gasteiger partial charge in [0.15, 0.2) is 11.0 Å². The summed E-state index contributed by atoms with van der Waals surface area (Å²) in [5, 5.41) is 17.8. The van der Waals surface area contributed by atoms with E-state index in [4.69, 9.17) is 5.26 Å². The first kappa shape index (κ1) is 18.0. The molecule has 2 rings (SSSR count). The summed E-state index contributed by atoms with van der Waals surface area (Å²) in [6, 6.07) is 10.2. The van der Waals surface area contributed by atoms with Gasteiger partial charge in [-0.15, -0.1) is 10.2 Å². The molecule has 1 heterocycles. The molecule has 1 aromatic carbocycles. The van der Waals surface area contributed by atoms with Crippen LogP contribution >= 0.6 is 11.8 Å². The molecule has 0 aliphatic heterocycles. The highest BCUT2D eigenvalue weighted by Crippen LogP contribution is 2.23. The standard InChI is InChI=1S/C17H21N5OS/c1-4-22(11-5-10-18)15(23)12-24-17-20-19-16(21(17)3)14-8-6-13(2)7-9-14/h6-9H,4-5,11-12H2,1-3H3. The van der Waals surface area contributed by atoms with Crippen LogP contribution in [0.1, 0.15) is 18.9 Å². The minimum absolute atomic E-state index is 0.0117. The molecule has 0 saturated heterocycles. The zero-order valence-electron chi connectivity index (χ0n) is 14.2. The zero-order chi connectivity index (χ0) is 17.5. The molecule has 0 N–H and O–H groups in total. The first-order valence-electron chi connectivity index (χ1n) is 7.80. The molecular formula is C17H21N5OS. The van der Waals surface area contributed by atoms with Crippen molar-refractivity contribution in [2.75, 3.05) is 18.8 Å². The number of nitrogens with zero attached hydrogens (tertiary/aromatic N) is 5. The van der Waals surface area contributed by atoms with Gasteiger partial charge in [-0.3, -0.25) is 4.79 Å². The summed E-state index contributed by atoms with van der Waals surface area (Å²) in [4.78, 5) is 13.9. The third kappa shape index (κ3) is 4.36. The third-order valence-electron chi connectivity index (χ3n) is 3.70. The minimum atomic E-state index is 0.0117. The molecule has 2 aromatic rings. The number of aryl methyl sites for hydroxylation is 1. The lowest BCUT2D eigenvalue weighted by molar-refractivity contribution is -0.128. The number of hydrogen-bond donors (Lipinski definition) is 0. The Labute approximate surface area is 146 Å². The largest absolute Gasteiger partial charge is 0.341 e. The van der Waals surface area contributed by atoms with E-state index in [0.717, 1.165) is 11.4 Å². The number of hydrogen-bond acceptors (Lipinski definition) is 5. The predicted molar refractivity (Wildman–Crippen MR) is 94.4 cm³/mol. The Balaban J connectivity index is 2.02. The second kappa shape index (κ2) is 8.50. The van der Waals surface area contributed by atoms with E-state index in [1.54, 1.807) is 4.90 Å². The van der Waals surface area contributed by atoms with Crippen molar-refractivity contribution in [1.82, 2.24) is 19.7 Å². The topological polar surface area (TPSA) is 74.8 Å². The molecule has 0 saturated carbocycles. The Morgan fingerprint density at radius 2 is 2.04 bits per heavy atom. The molecule has 0 aliphatic rings. The van der Waals surface area contributed by atoms with Crippen molar-refractivity contribution in [3.8, 4) is 17.5 Å². The normalized spacial score (nSPS) is 10.4. The fraction of sp³-hybridized carbons (Fsp3) is 0.412. The van der Waals surface area contributed by atoms with Crippen molar-refractivity contribution in [2.24, 2.45) is 7.05 Å². The highest BCUT2D eigenvalue weighted by atomic mass is 32.2. The van der Waals surface area contributed by atoms with Gasteiger partial charge in [0.05, 0.1) is 18.2 Å². The fourth-order valence-corrected chi connectivity index (χ4v) is 3.07. The van der Waals surface area contributed by atoms with Crippen LogP contribution in [0.4, 0.5) is 0 Å². The van der Waals surface area contributed by atoms with Crippen LogP contribution in [0.15, 0.2) is 29.4 Å². The van der Waals surface area contributed by atoms with Crippen LogP contribution in [0.3, 0.4) is 0 Å². The summed E-state index contributed by atoms with van der Waals surface area (Å²) in [5.74, 6) is 1.08. The molecule has 0 radical (unpaired) electrons. The van der Waals surface area contributed by atoms with Gasteiger partial charge in [-0.05, 0) is 13.8 Å². The maximum atomic E-state index is 12.2. The molecule has 0 aliphatic carbocycles. The van der Waals surface area contributed by atoms with E-state index in [1.165, 1.54) is 17.3 Å². The molecule has 1 amide bonds. The SMILES string of the molecule is CCN(CCC#N)C(=O)CSc1nnc(-c2ccc(C)cc2)n1C. The van der Waals surface area contributed by atoms with Gasteiger partial charge in [0.1, 0.15) is 0 Å². The molecule has 7 heteroatoms. The van der Waals surface area contributed by atoms with Crippen LogP contribution < -0.4 is 0 Å². The molecule has 0 fully saturated rings. The molecular weight excluding hydrogens is 322 g/mol. The van der Waals surface area contributed by atoms with Gasteiger partial charge in [-0.25, -0.2) is 0 Å². The van der Waals surface area contributed by atoms with Crippen molar-refractivity contribution in [2.45, 2.75) is 25.4 Å². The van der Waals surface area contributed by atoms with Crippen LogP contribution in [0.5, 0.6) is 0 Å². The van der Waals surface area contributed by atoms with Crippen LogP contribution in [0.2, 0.25) is 0 Å². The Hall–Kier alpha value is -2.33. The molecule has 6 nitrogen and oxygen atoms in total. The van der Waals surface area contributed by atoms with Gasteiger partial charge in [-0.1, -0.05) is 41.6 Å². The van der Waals surface area contributed by atoms with Crippen LogP contribution in [-0.2, 0) is 11.8 Å². The zero-order valence-corrected chi connectivity index (χ0v) is 15.0. The van der Waals surface area contributed by atoms with Crippen molar-refractivity contribution >= 4 is 17.7 Å². The lowest BCUT2D eigenvalue weighted by Crippen LogP contribution is -2.33. The molecule has 1 aromatic heterocycles. The molecule has 0 atom stereocenters. The van der Waals surface area contributed by atoms with E-state index < -0.39 is 0 Å². The monoisotopic (exact) mass is 343 g/mol. The van der Waals surface area contributed by atoms with Crippen molar-refractivity contribution in [3.63, 3.8) is 0 Å². The van der Waals surface area contributed by atoms with Gasteiger partial charge in [0.2, 0.25) is 5.91 Å². The van der Waals surface area contributed by atoms with Gasteiger partial charge in [-0.2, -0.15) is 5.26 Å². The number of benzene rings is 1. The molecule has 24 heavy (non-hydrogen) atoms. The number of carbonyl (C=O) groups excluding carboxylic acids is 1. The summed E-state index contributed by atoms with van der Waals surface area (Å²) in [7, 11) is 1.90. The van der Waals surface area contributed by atoms with E-state index in [2.05, 4.69) is 16.3 Å². The van der Waals surface area contributed by atoms with Gasteiger partial charge in [0, 0.05) is 25.7 Å².